The van der Waals surface area contributed by atoms with Gasteiger partial charge in [-0.05, 0) is 12.1 Å². The van der Waals surface area contributed by atoms with Gasteiger partial charge in [0.1, 0.15) is 9.68 Å². The van der Waals surface area contributed by atoms with Gasteiger partial charge < -0.3 is 0 Å². The van der Waals surface area contributed by atoms with Crippen LogP contribution in [0.2, 0.25) is 5.02 Å². The van der Waals surface area contributed by atoms with Crippen LogP contribution in [0.3, 0.4) is 0 Å². The highest BCUT2D eigenvalue weighted by Crippen LogP contribution is 2.27. The topological polar surface area (TPSA) is 89.3 Å². The Labute approximate surface area is 105 Å². The summed E-state index contributed by atoms with van der Waals surface area (Å²) in [4.78, 5) is 9.80. The molecule has 0 bridgehead atoms. The van der Waals surface area contributed by atoms with Crippen molar-refractivity contribution in [1.29, 1.82) is 0 Å². The molecule has 0 unspecified atom stereocenters. The molecular weight excluding hydrogens is 324 g/mol. The van der Waals surface area contributed by atoms with E-state index in [1.165, 1.54) is 12.1 Å². The lowest BCUT2D eigenvalue weighted by molar-refractivity contribution is -0.384. The number of nitro benzene ring substituents is 1. The number of anilines is 1. The van der Waals surface area contributed by atoms with Gasteiger partial charge in [-0.25, -0.2) is 8.42 Å². The van der Waals surface area contributed by atoms with Crippen molar-refractivity contribution in [3.05, 3.63) is 33.3 Å². The lowest BCUT2D eigenvalue weighted by Gasteiger charge is -2.05. The quantitative estimate of drug-likeness (QED) is 0.521. The maximum Gasteiger partial charge on any atom is 0.288 e. The van der Waals surface area contributed by atoms with E-state index in [2.05, 4.69) is 20.7 Å². The molecule has 0 amide bonds. The standard InChI is InChI=1S/C7H6BrClN2O4S/c8-4-16(14,15)10-5-1-2-7(11(12)13)6(9)3-5/h1-3,10H,4H2. The van der Waals surface area contributed by atoms with Crippen LogP contribution in [0.5, 0.6) is 0 Å². The highest BCUT2D eigenvalue weighted by Gasteiger charge is 2.14. The fraction of sp³-hybridized carbons (Fsp3) is 0.143. The number of nitrogens with zero attached hydrogens (tertiary/aromatic N) is 1. The Morgan fingerprint density at radius 3 is 2.56 bits per heavy atom. The Morgan fingerprint density at radius 2 is 2.12 bits per heavy atom. The van der Waals surface area contributed by atoms with Crippen molar-refractivity contribution in [2.75, 3.05) is 9.38 Å². The van der Waals surface area contributed by atoms with Crippen molar-refractivity contribution in [1.82, 2.24) is 0 Å². The normalized spacial score (nSPS) is 11.1. The van der Waals surface area contributed by atoms with Crippen LogP contribution >= 0.6 is 27.5 Å². The zero-order chi connectivity index (χ0) is 12.3. The van der Waals surface area contributed by atoms with Gasteiger partial charge in [0, 0.05) is 6.07 Å². The van der Waals surface area contributed by atoms with Crippen LogP contribution in [-0.4, -0.2) is 18.0 Å². The molecule has 0 aromatic heterocycles. The first-order valence-electron chi connectivity index (χ1n) is 3.86. The van der Waals surface area contributed by atoms with Crippen molar-refractivity contribution in [3.8, 4) is 0 Å². The van der Waals surface area contributed by atoms with Crippen LogP contribution in [0.15, 0.2) is 18.2 Å². The molecule has 0 fully saturated rings. The first-order chi connectivity index (χ1) is 7.35. The molecule has 0 aliphatic carbocycles. The fourth-order valence-electron chi connectivity index (χ4n) is 0.925. The van der Waals surface area contributed by atoms with E-state index >= 15 is 0 Å². The third-order valence-electron chi connectivity index (χ3n) is 1.56. The van der Waals surface area contributed by atoms with E-state index in [-0.39, 0.29) is 21.1 Å². The van der Waals surface area contributed by atoms with Gasteiger partial charge in [-0.3, -0.25) is 14.8 Å². The second kappa shape index (κ2) is 4.98. The number of alkyl halides is 1. The minimum Gasteiger partial charge on any atom is -0.283 e. The molecule has 0 aliphatic rings. The summed E-state index contributed by atoms with van der Waals surface area (Å²) in [5, 5.41) is 10.3. The van der Waals surface area contributed by atoms with Gasteiger partial charge in [-0.15, -0.1) is 0 Å². The van der Waals surface area contributed by atoms with Crippen LogP contribution < -0.4 is 4.72 Å². The van der Waals surface area contributed by atoms with Gasteiger partial charge in [0.25, 0.3) is 5.69 Å². The lowest BCUT2D eigenvalue weighted by atomic mass is 10.3. The number of nitrogens with one attached hydrogen (secondary N) is 1. The van der Waals surface area contributed by atoms with Gasteiger partial charge in [0.2, 0.25) is 10.0 Å². The molecule has 0 heterocycles. The van der Waals surface area contributed by atoms with Gasteiger partial charge in [0.05, 0.1) is 10.6 Å². The van der Waals surface area contributed by atoms with Crippen molar-refractivity contribution < 1.29 is 13.3 Å². The molecule has 88 valence electrons. The number of halogens is 2. The Hall–Kier alpha value is -0.860. The molecule has 1 rings (SSSR count). The van der Waals surface area contributed by atoms with E-state index in [0.29, 0.717) is 0 Å². The van der Waals surface area contributed by atoms with Crippen LogP contribution in [0.25, 0.3) is 0 Å². The van der Waals surface area contributed by atoms with E-state index in [1.54, 1.807) is 0 Å². The molecule has 1 aromatic rings. The van der Waals surface area contributed by atoms with E-state index in [0.717, 1.165) is 6.07 Å². The molecule has 0 atom stereocenters. The number of rotatable bonds is 4. The summed E-state index contributed by atoms with van der Waals surface area (Å²) >= 11 is 8.40. The lowest BCUT2D eigenvalue weighted by Crippen LogP contribution is -2.13. The first-order valence-corrected chi connectivity index (χ1v) is 7.01. The molecule has 1 N–H and O–H groups in total. The maximum atomic E-state index is 11.2. The molecular formula is C7H6BrClN2O4S. The number of nitro groups is 1. The predicted octanol–water partition coefficient (Wildman–Crippen LogP) is 2.34. The highest BCUT2D eigenvalue weighted by atomic mass is 79.9. The first kappa shape index (κ1) is 13.2. The minimum atomic E-state index is -3.48. The maximum absolute atomic E-state index is 11.2. The van der Waals surface area contributed by atoms with Crippen molar-refractivity contribution in [3.63, 3.8) is 0 Å². The monoisotopic (exact) mass is 328 g/mol. The molecule has 6 nitrogen and oxygen atoms in total. The van der Waals surface area contributed by atoms with Crippen LogP contribution in [0.4, 0.5) is 11.4 Å². The van der Waals surface area contributed by atoms with Gasteiger partial charge in [-0.2, -0.15) is 0 Å². The van der Waals surface area contributed by atoms with E-state index in [4.69, 9.17) is 11.6 Å². The molecule has 1 aromatic carbocycles. The average Bonchev–Trinajstić information content (AvgIpc) is 2.16. The summed E-state index contributed by atoms with van der Waals surface area (Å²) in [6.07, 6.45) is 0. The van der Waals surface area contributed by atoms with Crippen LogP contribution in [0.1, 0.15) is 0 Å². The van der Waals surface area contributed by atoms with Gasteiger partial charge in [0.15, 0.2) is 0 Å². The third-order valence-corrected chi connectivity index (χ3v) is 4.51. The zero-order valence-corrected chi connectivity index (χ0v) is 10.8. The number of hydrogen-bond acceptors (Lipinski definition) is 4. The molecule has 9 heteroatoms. The summed E-state index contributed by atoms with van der Waals surface area (Å²) in [5.74, 6) is 0. The Balaban J connectivity index is 3.03. The van der Waals surface area contributed by atoms with Gasteiger partial charge in [-0.1, -0.05) is 27.5 Å². The van der Waals surface area contributed by atoms with E-state index in [9.17, 15) is 18.5 Å². The largest absolute Gasteiger partial charge is 0.288 e. The number of sulfonamides is 1. The highest BCUT2D eigenvalue weighted by molar-refractivity contribution is 9.10. The second-order valence-electron chi connectivity index (χ2n) is 2.75. The van der Waals surface area contributed by atoms with Crippen LogP contribution in [0, 0.1) is 10.1 Å². The van der Waals surface area contributed by atoms with Crippen molar-refractivity contribution >= 4 is 48.9 Å². The van der Waals surface area contributed by atoms with Gasteiger partial charge >= 0.3 is 0 Å². The Morgan fingerprint density at radius 1 is 1.50 bits per heavy atom. The summed E-state index contributed by atoms with van der Waals surface area (Å²) in [6.45, 7) is 0. The molecule has 0 spiro atoms. The molecule has 0 aliphatic heterocycles. The van der Waals surface area contributed by atoms with Crippen molar-refractivity contribution in [2.45, 2.75) is 0 Å². The molecule has 0 saturated heterocycles. The minimum absolute atomic E-state index is 0.125. The molecule has 0 radical (unpaired) electrons. The average molecular weight is 330 g/mol. The Bertz CT molecular complexity index is 519. The predicted molar refractivity (Wildman–Crippen MR) is 64.4 cm³/mol. The third kappa shape index (κ3) is 3.32. The number of benzene rings is 1. The van der Waals surface area contributed by atoms with Crippen LogP contribution in [-0.2, 0) is 10.0 Å². The SMILES string of the molecule is O=[N+]([O-])c1ccc(NS(=O)(=O)CBr)cc1Cl. The molecule has 16 heavy (non-hydrogen) atoms. The summed E-state index contributed by atoms with van der Waals surface area (Å²) < 4.78 is 24.3. The zero-order valence-electron chi connectivity index (χ0n) is 7.68. The summed E-state index contributed by atoms with van der Waals surface area (Å²) in [6, 6.07) is 3.58. The molecule has 0 saturated carbocycles. The number of hydrogen-bond donors (Lipinski definition) is 1. The van der Waals surface area contributed by atoms with E-state index < -0.39 is 14.9 Å². The Kier molecular flexibility index (Phi) is 4.11. The van der Waals surface area contributed by atoms with E-state index in [1.807, 2.05) is 0 Å². The summed E-state index contributed by atoms with van der Waals surface area (Å²) in [7, 11) is -3.48. The summed E-state index contributed by atoms with van der Waals surface area (Å²) in [5.41, 5.74) is -0.0986. The van der Waals surface area contributed by atoms with Crippen molar-refractivity contribution in [2.24, 2.45) is 0 Å². The fourth-order valence-corrected chi connectivity index (χ4v) is 2.06. The smallest absolute Gasteiger partial charge is 0.283 e. The second-order valence-corrected chi connectivity index (χ2v) is 6.18.